The van der Waals surface area contributed by atoms with Gasteiger partial charge in [0, 0.05) is 18.6 Å². The monoisotopic (exact) mass is 295 g/mol. The second kappa shape index (κ2) is 5.81. The average Bonchev–Trinajstić information content (AvgIpc) is 2.53. The number of hydrogen-bond acceptors (Lipinski definition) is 4. The first kappa shape index (κ1) is 14.0. The summed E-state index contributed by atoms with van der Waals surface area (Å²) in [5, 5.41) is 10.6. The summed E-state index contributed by atoms with van der Waals surface area (Å²) >= 11 is 0. The molecule has 0 N–H and O–H groups in total. The maximum absolute atomic E-state index is 11.9. The smallest absolute Gasteiger partial charge is 0.339 e. The van der Waals surface area contributed by atoms with Crippen molar-refractivity contribution in [1.82, 2.24) is 0 Å². The van der Waals surface area contributed by atoms with Gasteiger partial charge in [-0.25, -0.2) is 4.79 Å². The minimum absolute atomic E-state index is 0.0511. The number of nitro benzene ring substituents is 1. The predicted molar refractivity (Wildman–Crippen MR) is 81.5 cm³/mol. The highest BCUT2D eigenvalue weighted by Crippen LogP contribution is 2.22. The summed E-state index contributed by atoms with van der Waals surface area (Å²) in [6.45, 7) is 0. The van der Waals surface area contributed by atoms with E-state index in [1.165, 1.54) is 12.1 Å². The number of non-ortho nitro benzene ring substituents is 1. The highest BCUT2D eigenvalue weighted by Gasteiger charge is 2.23. The summed E-state index contributed by atoms with van der Waals surface area (Å²) in [4.78, 5) is 22.1. The normalized spacial score (nSPS) is 17.1. The van der Waals surface area contributed by atoms with Crippen LogP contribution in [0.15, 0.2) is 54.6 Å². The lowest BCUT2D eigenvalue weighted by molar-refractivity contribution is -0.384. The molecular weight excluding hydrogens is 282 g/mol. The zero-order valence-corrected chi connectivity index (χ0v) is 11.6. The molecule has 0 fully saturated rings. The molecule has 1 aliphatic heterocycles. The van der Waals surface area contributed by atoms with Crippen LogP contribution < -0.4 is 0 Å². The fourth-order valence-electron chi connectivity index (χ4n) is 2.39. The third-order valence-corrected chi connectivity index (χ3v) is 3.52. The number of cyclic esters (lactones) is 1. The summed E-state index contributed by atoms with van der Waals surface area (Å²) in [7, 11) is 0. The Morgan fingerprint density at radius 3 is 2.59 bits per heavy atom. The van der Waals surface area contributed by atoms with Gasteiger partial charge in [-0.1, -0.05) is 24.3 Å². The lowest BCUT2D eigenvalue weighted by atomic mass is 9.98. The first-order chi connectivity index (χ1) is 10.6. The molecule has 1 aliphatic rings. The summed E-state index contributed by atoms with van der Waals surface area (Å²) < 4.78 is 5.36. The molecule has 2 aromatic rings. The minimum Gasteiger partial charge on any atom is -0.454 e. The second-order valence-corrected chi connectivity index (χ2v) is 5.01. The molecule has 0 radical (unpaired) electrons. The molecule has 0 aromatic heterocycles. The number of fused-ring (bicyclic) bond motifs is 1. The Morgan fingerprint density at radius 1 is 1.14 bits per heavy atom. The van der Waals surface area contributed by atoms with Crippen molar-refractivity contribution in [2.75, 3.05) is 0 Å². The van der Waals surface area contributed by atoms with Gasteiger partial charge in [0.05, 0.1) is 10.5 Å². The van der Waals surface area contributed by atoms with Crippen molar-refractivity contribution in [3.8, 4) is 0 Å². The van der Waals surface area contributed by atoms with Crippen molar-refractivity contribution in [2.24, 2.45) is 0 Å². The van der Waals surface area contributed by atoms with Gasteiger partial charge in [0.15, 0.2) is 0 Å². The van der Waals surface area contributed by atoms with Crippen molar-refractivity contribution in [3.05, 3.63) is 81.4 Å². The Balaban J connectivity index is 1.74. The quantitative estimate of drug-likeness (QED) is 0.494. The molecule has 2 aromatic carbocycles. The largest absolute Gasteiger partial charge is 0.454 e. The molecule has 1 atom stereocenters. The summed E-state index contributed by atoms with van der Waals surface area (Å²) in [5.74, 6) is -0.319. The highest BCUT2D eigenvalue weighted by molar-refractivity contribution is 5.92. The van der Waals surface area contributed by atoms with Crippen LogP contribution in [0.5, 0.6) is 0 Å². The van der Waals surface area contributed by atoms with Crippen LogP contribution in [0.4, 0.5) is 5.69 Å². The molecular formula is C17H13NO4. The van der Waals surface area contributed by atoms with Gasteiger partial charge in [-0.2, -0.15) is 0 Å². The highest BCUT2D eigenvalue weighted by atomic mass is 16.6. The van der Waals surface area contributed by atoms with E-state index in [4.69, 9.17) is 4.74 Å². The number of nitro groups is 1. The Labute approximate surface area is 127 Å². The number of carbonyl (C=O) groups excluding carboxylic acids is 1. The summed E-state index contributed by atoms with van der Waals surface area (Å²) in [6, 6.07) is 13.6. The lowest BCUT2D eigenvalue weighted by Crippen LogP contribution is -2.25. The number of rotatable bonds is 3. The third kappa shape index (κ3) is 2.88. The van der Waals surface area contributed by atoms with E-state index in [2.05, 4.69) is 0 Å². The first-order valence-corrected chi connectivity index (χ1v) is 6.85. The Bertz CT molecular complexity index is 750. The molecule has 0 saturated heterocycles. The molecule has 5 nitrogen and oxygen atoms in total. The van der Waals surface area contributed by atoms with Crippen molar-refractivity contribution in [1.29, 1.82) is 0 Å². The third-order valence-electron chi connectivity index (χ3n) is 3.52. The Hall–Kier alpha value is -2.95. The van der Waals surface area contributed by atoms with E-state index in [0.717, 1.165) is 11.1 Å². The second-order valence-electron chi connectivity index (χ2n) is 5.01. The van der Waals surface area contributed by atoms with Crippen LogP contribution in [0.2, 0.25) is 0 Å². The molecule has 0 spiro atoms. The molecule has 5 heteroatoms. The number of carbonyl (C=O) groups is 1. The molecule has 0 aliphatic carbocycles. The van der Waals surface area contributed by atoms with Crippen molar-refractivity contribution >= 4 is 17.7 Å². The lowest BCUT2D eigenvalue weighted by Gasteiger charge is -2.22. The van der Waals surface area contributed by atoms with Crippen LogP contribution in [-0.4, -0.2) is 17.0 Å². The van der Waals surface area contributed by atoms with E-state index in [-0.39, 0.29) is 17.8 Å². The Morgan fingerprint density at radius 2 is 1.86 bits per heavy atom. The van der Waals surface area contributed by atoms with Gasteiger partial charge in [-0.3, -0.25) is 10.1 Å². The Kier molecular flexibility index (Phi) is 3.70. The SMILES string of the molecule is O=C1O[C@@H](/C=C/c2ccc([N+](=O)[O-])cc2)Cc2ccccc21. The average molecular weight is 295 g/mol. The molecule has 110 valence electrons. The topological polar surface area (TPSA) is 69.4 Å². The van der Waals surface area contributed by atoms with E-state index in [1.54, 1.807) is 30.4 Å². The van der Waals surface area contributed by atoms with Gasteiger partial charge >= 0.3 is 5.97 Å². The van der Waals surface area contributed by atoms with Crippen LogP contribution in [-0.2, 0) is 11.2 Å². The summed E-state index contributed by atoms with van der Waals surface area (Å²) in [5.41, 5.74) is 2.45. The van der Waals surface area contributed by atoms with Gasteiger partial charge in [-0.05, 0) is 35.4 Å². The fourth-order valence-corrected chi connectivity index (χ4v) is 2.39. The molecule has 0 saturated carbocycles. The van der Waals surface area contributed by atoms with Crippen molar-refractivity contribution in [3.63, 3.8) is 0 Å². The standard InChI is InChI=1S/C17H13NO4/c19-17-16-4-2-1-3-13(16)11-15(22-17)10-7-12-5-8-14(9-6-12)18(20)21/h1-10,15H,11H2/b10-7+/t15-/m0/s1. The van der Waals surface area contributed by atoms with Gasteiger partial charge in [0.2, 0.25) is 0 Å². The van der Waals surface area contributed by atoms with E-state index in [0.29, 0.717) is 12.0 Å². The van der Waals surface area contributed by atoms with Gasteiger partial charge in [-0.15, -0.1) is 0 Å². The zero-order valence-electron chi connectivity index (χ0n) is 11.6. The number of hydrogen-bond donors (Lipinski definition) is 0. The fraction of sp³-hybridized carbons (Fsp3) is 0.118. The van der Waals surface area contributed by atoms with E-state index >= 15 is 0 Å². The predicted octanol–water partition coefficient (Wildman–Crippen LogP) is 3.39. The van der Waals surface area contributed by atoms with E-state index in [1.807, 2.05) is 18.2 Å². The van der Waals surface area contributed by atoms with Gasteiger partial charge < -0.3 is 4.74 Å². The van der Waals surface area contributed by atoms with Crippen molar-refractivity contribution in [2.45, 2.75) is 12.5 Å². The molecule has 0 bridgehead atoms. The summed E-state index contributed by atoms with van der Waals surface area (Å²) in [6.07, 6.45) is 3.91. The number of benzene rings is 2. The molecule has 0 unspecified atom stereocenters. The van der Waals surface area contributed by atoms with Crippen LogP contribution in [0.1, 0.15) is 21.5 Å². The van der Waals surface area contributed by atoms with Crippen LogP contribution in [0.3, 0.4) is 0 Å². The van der Waals surface area contributed by atoms with Gasteiger partial charge in [0.1, 0.15) is 6.10 Å². The van der Waals surface area contributed by atoms with Crippen LogP contribution in [0, 0.1) is 10.1 Å². The van der Waals surface area contributed by atoms with Crippen molar-refractivity contribution < 1.29 is 14.5 Å². The maximum atomic E-state index is 11.9. The van der Waals surface area contributed by atoms with E-state index in [9.17, 15) is 14.9 Å². The molecule has 1 heterocycles. The number of esters is 1. The van der Waals surface area contributed by atoms with Crippen LogP contribution >= 0.6 is 0 Å². The van der Waals surface area contributed by atoms with E-state index < -0.39 is 4.92 Å². The number of nitrogens with zero attached hydrogens (tertiary/aromatic N) is 1. The zero-order chi connectivity index (χ0) is 15.5. The van der Waals surface area contributed by atoms with Crippen LogP contribution in [0.25, 0.3) is 6.08 Å². The van der Waals surface area contributed by atoms with Gasteiger partial charge in [0.25, 0.3) is 5.69 Å². The number of ether oxygens (including phenoxy) is 1. The molecule has 22 heavy (non-hydrogen) atoms. The molecule has 3 rings (SSSR count). The molecule has 0 amide bonds. The maximum Gasteiger partial charge on any atom is 0.339 e. The first-order valence-electron chi connectivity index (χ1n) is 6.85. The minimum atomic E-state index is -0.437.